The zero-order chi connectivity index (χ0) is 16.3. The van der Waals surface area contributed by atoms with Crippen molar-refractivity contribution in [2.75, 3.05) is 14.2 Å². The van der Waals surface area contributed by atoms with E-state index < -0.39 is 17.4 Å². The molecule has 0 unspecified atom stereocenters. The molecule has 6 heteroatoms. The molecule has 1 heterocycles. The summed E-state index contributed by atoms with van der Waals surface area (Å²) in [7, 11) is 2.34. The van der Waals surface area contributed by atoms with Crippen LogP contribution >= 0.6 is 0 Å². The van der Waals surface area contributed by atoms with E-state index >= 15 is 0 Å². The number of carbonyl (C=O) groups is 2. The third-order valence-corrected chi connectivity index (χ3v) is 3.23. The molecule has 1 aromatic heterocycles. The minimum atomic E-state index is -0.807. The van der Waals surface area contributed by atoms with E-state index in [1.54, 1.807) is 0 Å². The van der Waals surface area contributed by atoms with Crippen molar-refractivity contribution in [1.82, 2.24) is 4.57 Å². The van der Waals surface area contributed by atoms with Crippen molar-refractivity contribution in [1.29, 1.82) is 0 Å². The van der Waals surface area contributed by atoms with Gasteiger partial charge in [0.1, 0.15) is 11.1 Å². The number of methoxy groups -OCH3 is 2. The Morgan fingerprint density at radius 2 is 1.45 bits per heavy atom. The van der Waals surface area contributed by atoms with Crippen molar-refractivity contribution < 1.29 is 19.1 Å². The van der Waals surface area contributed by atoms with Crippen LogP contribution in [0.5, 0.6) is 0 Å². The molecule has 0 atom stereocenters. The van der Waals surface area contributed by atoms with Crippen LogP contribution in [-0.2, 0) is 9.47 Å². The molecule has 6 nitrogen and oxygen atoms in total. The third-order valence-electron chi connectivity index (χ3n) is 3.23. The van der Waals surface area contributed by atoms with Crippen LogP contribution in [0, 0.1) is 6.92 Å². The Labute approximate surface area is 126 Å². The molecule has 0 aliphatic rings. The molecule has 0 bridgehead atoms. The van der Waals surface area contributed by atoms with Crippen LogP contribution in [0.3, 0.4) is 0 Å². The highest BCUT2D eigenvalue weighted by molar-refractivity contribution is 5.94. The normalized spacial score (nSPS) is 10.1. The van der Waals surface area contributed by atoms with Gasteiger partial charge in [0.25, 0.3) is 0 Å². The molecule has 2 rings (SSSR count). The average Bonchev–Trinajstić information content (AvgIpc) is 2.54. The number of aryl methyl sites for hydroxylation is 1. The lowest BCUT2D eigenvalue weighted by molar-refractivity contribution is 0.0595. The quantitative estimate of drug-likeness (QED) is 0.807. The van der Waals surface area contributed by atoms with Crippen molar-refractivity contribution in [3.8, 4) is 5.69 Å². The number of ether oxygens (including phenoxy) is 2. The Balaban J connectivity index is 2.76. The monoisotopic (exact) mass is 301 g/mol. The number of aromatic nitrogens is 1. The van der Waals surface area contributed by atoms with Gasteiger partial charge < -0.3 is 14.0 Å². The van der Waals surface area contributed by atoms with Gasteiger partial charge in [0.15, 0.2) is 0 Å². The van der Waals surface area contributed by atoms with E-state index in [1.165, 1.54) is 31.2 Å². The van der Waals surface area contributed by atoms with Gasteiger partial charge in [0.05, 0.1) is 14.2 Å². The smallest absolute Gasteiger partial charge is 0.343 e. The number of hydrogen-bond acceptors (Lipinski definition) is 5. The molecule has 114 valence electrons. The summed E-state index contributed by atoms with van der Waals surface area (Å²) in [5.41, 5.74) is 0.474. The van der Waals surface area contributed by atoms with Gasteiger partial charge in [-0.25, -0.2) is 9.59 Å². The summed E-state index contributed by atoms with van der Waals surface area (Å²) in [6.45, 7) is 1.88. The number of para-hydroxylation sites is 1. The number of hydrogen-bond donors (Lipinski definition) is 0. The largest absolute Gasteiger partial charge is 0.465 e. The second kappa shape index (κ2) is 6.26. The zero-order valence-corrected chi connectivity index (χ0v) is 12.5. The number of pyridine rings is 1. The van der Waals surface area contributed by atoms with Crippen LogP contribution in [0.25, 0.3) is 5.69 Å². The van der Waals surface area contributed by atoms with Crippen molar-refractivity contribution in [2.24, 2.45) is 0 Å². The predicted octanol–water partition coefficient (Wildman–Crippen LogP) is 1.72. The summed E-state index contributed by atoms with van der Waals surface area (Å²) in [5, 5.41) is 0. The zero-order valence-electron chi connectivity index (χ0n) is 12.5. The van der Waals surface area contributed by atoms with E-state index in [9.17, 15) is 14.4 Å². The Kier molecular flexibility index (Phi) is 4.41. The van der Waals surface area contributed by atoms with Gasteiger partial charge in [-0.3, -0.25) is 4.79 Å². The summed E-state index contributed by atoms with van der Waals surface area (Å²) in [6, 6.07) is 7.37. The summed E-state index contributed by atoms with van der Waals surface area (Å²) in [4.78, 5) is 35.8. The van der Waals surface area contributed by atoms with Crippen LogP contribution in [-0.4, -0.2) is 30.7 Å². The molecule has 0 spiro atoms. The lowest BCUT2D eigenvalue weighted by Crippen LogP contribution is -2.25. The second-order valence-electron chi connectivity index (χ2n) is 4.59. The molecular weight excluding hydrogens is 286 g/mol. The maximum Gasteiger partial charge on any atom is 0.343 e. The lowest BCUT2D eigenvalue weighted by atomic mass is 10.1. The molecule has 0 N–H and O–H groups in total. The van der Waals surface area contributed by atoms with Crippen LogP contribution in [0.2, 0.25) is 0 Å². The van der Waals surface area contributed by atoms with Crippen molar-refractivity contribution >= 4 is 11.9 Å². The van der Waals surface area contributed by atoms with E-state index in [-0.39, 0.29) is 11.1 Å². The molecule has 0 saturated carbocycles. The number of carbonyl (C=O) groups excluding carboxylic acids is 2. The number of benzene rings is 1. The topological polar surface area (TPSA) is 74.6 Å². The first-order valence-corrected chi connectivity index (χ1v) is 6.48. The number of nitrogens with zero attached hydrogens (tertiary/aromatic N) is 1. The molecule has 22 heavy (non-hydrogen) atoms. The summed E-state index contributed by atoms with van der Waals surface area (Å²) in [5.74, 6) is -1.61. The highest BCUT2D eigenvalue weighted by Crippen LogP contribution is 2.14. The first-order valence-electron chi connectivity index (χ1n) is 6.48. The van der Waals surface area contributed by atoms with Gasteiger partial charge in [-0.1, -0.05) is 18.2 Å². The second-order valence-corrected chi connectivity index (χ2v) is 4.59. The fourth-order valence-corrected chi connectivity index (χ4v) is 2.08. The molecule has 0 saturated heterocycles. The van der Waals surface area contributed by atoms with Gasteiger partial charge in [-0.2, -0.15) is 0 Å². The summed E-state index contributed by atoms with van der Waals surface area (Å²) >= 11 is 0. The maximum atomic E-state index is 12.2. The SMILES string of the molecule is COC(=O)c1cn(-c2ccccc2C)cc(C(=O)OC)c1=O. The Morgan fingerprint density at radius 3 is 1.91 bits per heavy atom. The Hall–Kier alpha value is -2.89. The Bertz CT molecular complexity index is 751. The molecular formula is C16H15NO5. The van der Waals surface area contributed by atoms with Gasteiger partial charge in [0, 0.05) is 18.1 Å². The predicted molar refractivity (Wildman–Crippen MR) is 79.5 cm³/mol. The van der Waals surface area contributed by atoms with Crippen LogP contribution < -0.4 is 5.43 Å². The highest BCUT2D eigenvalue weighted by Gasteiger charge is 2.20. The van der Waals surface area contributed by atoms with Crippen LogP contribution in [0.15, 0.2) is 41.5 Å². The van der Waals surface area contributed by atoms with E-state index in [0.717, 1.165) is 11.3 Å². The number of rotatable bonds is 3. The van der Waals surface area contributed by atoms with E-state index in [1.807, 2.05) is 31.2 Å². The molecule has 2 aromatic rings. The summed E-state index contributed by atoms with van der Waals surface area (Å²) < 4.78 is 10.7. The lowest BCUT2D eigenvalue weighted by Gasteiger charge is -2.12. The molecule has 0 aliphatic carbocycles. The highest BCUT2D eigenvalue weighted by atomic mass is 16.5. The first kappa shape index (κ1) is 15.5. The molecule has 0 radical (unpaired) electrons. The van der Waals surface area contributed by atoms with Crippen LogP contribution in [0.4, 0.5) is 0 Å². The Morgan fingerprint density at radius 1 is 0.955 bits per heavy atom. The molecule has 0 fully saturated rings. The fraction of sp³-hybridized carbons (Fsp3) is 0.188. The minimum absolute atomic E-state index is 0.228. The first-order chi connectivity index (χ1) is 10.5. The number of esters is 2. The van der Waals surface area contributed by atoms with Gasteiger partial charge in [-0.15, -0.1) is 0 Å². The average molecular weight is 301 g/mol. The van der Waals surface area contributed by atoms with E-state index in [2.05, 4.69) is 9.47 Å². The summed E-state index contributed by atoms with van der Waals surface area (Å²) in [6.07, 6.45) is 2.70. The minimum Gasteiger partial charge on any atom is -0.465 e. The van der Waals surface area contributed by atoms with Crippen molar-refractivity contribution in [2.45, 2.75) is 6.92 Å². The van der Waals surface area contributed by atoms with Gasteiger partial charge in [-0.05, 0) is 18.6 Å². The van der Waals surface area contributed by atoms with Crippen molar-refractivity contribution in [3.63, 3.8) is 0 Å². The van der Waals surface area contributed by atoms with E-state index in [4.69, 9.17) is 0 Å². The standard InChI is InChI=1S/C16H15NO5/c1-10-6-4-5-7-13(10)17-8-11(15(19)21-2)14(18)12(9-17)16(20)22-3/h4-9H,1-3H3. The van der Waals surface area contributed by atoms with Crippen molar-refractivity contribution in [3.05, 3.63) is 63.6 Å². The van der Waals surface area contributed by atoms with E-state index in [0.29, 0.717) is 0 Å². The van der Waals surface area contributed by atoms with Crippen LogP contribution in [0.1, 0.15) is 26.3 Å². The maximum absolute atomic E-state index is 12.2. The third kappa shape index (κ3) is 2.76. The fourth-order valence-electron chi connectivity index (χ4n) is 2.08. The van der Waals surface area contributed by atoms with Gasteiger partial charge in [0.2, 0.25) is 5.43 Å². The molecule has 0 amide bonds. The molecule has 0 aliphatic heterocycles. The van der Waals surface area contributed by atoms with Gasteiger partial charge >= 0.3 is 11.9 Å². The molecule has 1 aromatic carbocycles.